The van der Waals surface area contributed by atoms with Crippen molar-refractivity contribution in [3.8, 4) is 0 Å². The molecule has 0 atom stereocenters. The van der Waals surface area contributed by atoms with Crippen LogP contribution in [0.2, 0.25) is 0 Å². The lowest BCUT2D eigenvalue weighted by atomic mass is 10.2. The molecule has 3 aromatic rings. The van der Waals surface area contributed by atoms with Crippen LogP contribution in [-0.2, 0) is 13.1 Å². The van der Waals surface area contributed by atoms with E-state index >= 15 is 0 Å². The van der Waals surface area contributed by atoms with Crippen molar-refractivity contribution < 1.29 is 0 Å². The Bertz CT molecular complexity index is 600. The van der Waals surface area contributed by atoms with Crippen LogP contribution in [0.1, 0.15) is 10.4 Å². The monoisotopic (exact) mass is 244 g/mol. The van der Waals surface area contributed by atoms with E-state index in [0.29, 0.717) is 0 Å². The second kappa shape index (κ2) is 4.65. The first-order valence-electron chi connectivity index (χ1n) is 5.43. The van der Waals surface area contributed by atoms with Gasteiger partial charge in [-0.2, -0.15) is 0 Å². The van der Waals surface area contributed by atoms with E-state index in [1.165, 1.54) is 10.4 Å². The summed E-state index contributed by atoms with van der Waals surface area (Å²) in [4.78, 5) is 12.8. The topological polar surface area (TPSA) is 53.6 Å². The Hall–Kier alpha value is -1.72. The highest BCUT2D eigenvalue weighted by Gasteiger charge is 2.03. The van der Waals surface area contributed by atoms with Gasteiger partial charge in [0.1, 0.15) is 0 Å². The fourth-order valence-electron chi connectivity index (χ4n) is 1.78. The zero-order valence-electron chi connectivity index (χ0n) is 9.18. The highest BCUT2D eigenvalue weighted by Crippen LogP contribution is 2.12. The van der Waals surface area contributed by atoms with Crippen molar-refractivity contribution in [3.63, 3.8) is 0 Å². The molecule has 0 aliphatic carbocycles. The summed E-state index contributed by atoms with van der Waals surface area (Å²) in [6.45, 7) is 1.72. The van der Waals surface area contributed by atoms with Crippen molar-refractivity contribution >= 4 is 22.5 Å². The van der Waals surface area contributed by atoms with Gasteiger partial charge in [0.15, 0.2) is 5.65 Å². The number of thiophene rings is 1. The fourth-order valence-corrected chi connectivity index (χ4v) is 2.46. The van der Waals surface area contributed by atoms with Gasteiger partial charge in [-0.3, -0.25) is 0 Å². The largest absolute Gasteiger partial charge is 0.343 e. The molecule has 4 nitrogen and oxygen atoms in total. The van der Waals surface area contributed by atoms with Crippen LogP contribution in [0.4, 0.5) is 0 Å². The molecule has 0 unspecified atom stereocenters. The first-order chi connectivity index (χ1) is 8.43. The molecule has 0 fully saturated rings. The van der Waals surface area contributed by atoms with Gasteiger partial charge in [0.2, 0.25) is 0 Å². The highest BCUT2D eigenvalue weighted by molar-refractivity contribution is 7.09. The van der Waals surface area contributed by atoms with E-state index in [2.05, 4.69) is 37.8 Å². The van der Waals surface area contributed by atoms with E-state index in [1.54, 1.807) is 23.9 Å². The second-order valence-electron chi connectivity index (χ2n) is 3.75. The fraction of sp³-hybridized carbons (Fsp3) is 0.167. The van der Waals surface area contributed by atoms with Crippen molar-refractivity contribution in [3.05, 3.63) is 46.5 Å². The molecule has 2 N–H and O–H groups in total. The molecule has 3 rings (SSSR count). The zero-order chi connectivity index (χ0) is 11.5. The Morgan fingerprint density at radius 3 is 3.12 bits per heavy atom. The van der Waals surface area contributed by atoms with E-state index < -0.39 is 0 Å². The molecule has 0 aromatic carbocycles. The van der Waals surface area contributed by atoms with Gasteiger partial charge in [0, 0.05) is 24.2 Å². The molecule has 3 aromatic heterocycles. The third-order valence-electron chi connectivity index (χ3n) is 2.61. The van der Waals surface area contributed by atoms with Gasteiger partial charge < -0.3 is 10.3 Å². The maximum atomic E-state index is 4.19. The van der Waals surface area contributed by atoms with Crippen molar-refractivity contribution in [1.82, 2.24) is 20.3 Å². The van der Waals surface area contributed by atoms with E-state index in [0.717, 1.165) is 24.3 Å². The molecule has 0 amide bonds. The molecule has 0 aliphatic rings. The third-order valence-corrected chi connectivity index (χ3v) is 3.48. The van der Waals surface area contributed by atoms with Crippen LogP contribution < -0.4 is 5.32 Å². The van der Waals surface area contributed by atoms with Crippen molar-refractivity contribution in [2.24, 2.45) is 0 Å². The maximum absolute atomic E-state index is 4.19. The molecule has 17 heavy (non-hydrogen) atoms. The maximum Gasteiger partial charge on any atom is 0.177 e. The molecule has 5 heteroatoms. The van der Waals surface area contributed by atoms with Gasteiger partial charge in [-0.1, -0.05) is 6.07 Å². The minimum atomic E-state index is 0.778. The lowest BCUT2D eigenvalue weighted by molar-refractivity contribution is 0.703. The smallest absolute Gasteiger partial charge is 0.177 e. The first-order valence-corrected chi connectivity index (χ1v) is 6.31. The Morgan fingerprint density at radius 1 is 1.24 bits per heavy atom. The summed E-state index contributed by atoms with van der Waals surface area (Å²) in [7, 11) is 0. The number of aromatic nitrogens is 3. The minimum absolute atomic E-state index is 0.778. The Kier molecular flexibility index (Phi) is 2.85. The van der Waals surface area contributed by atoms with Gasteiger partial charge in [0.25, 0.3) is 0 Å². The minimum Gasteiger partial charge on any atom is -0.343 e. The van der Waals surface area contributed by atoms with Crippen LogP contribution in [-0.4, -0.2) is 15.0 Å². The molecule has 0 aliphatic heterocycles. The second-order valence-corrected chi connectivity index (χ2v) is 4.79. The summed E-state index contributed by atoms with van der Waals surface area (Å²) in [6.07, 6.45) is 3.48. The number of fused-ring (bicyclic) bond motifs is 1. The Balaban J connectivity index is 1.70. The lowest BCUT2D eigenvalue weighted by Gasteiger charge is -2.04. The van der Waals surface area contributed by atoms with Crippen LogP contribution >= 0.6 is 11.3 Å². The summed E-state index contributed by atoms with van der Waals surface area (Å²) in [6, 6.07) is 6.22. The molecule has 0 saturated carbocycles. The molecule has 3 heterocycles. The van der Waals surface area contributed by atoms with Crippen LogP contribution in [0.5, 0.6) is 0 Å². The van der Waals surface area contributed by atoms with E-state index in [4.69, 9.17) is 0 Å². The zero-order valence-corrected chi connectivity index (χ0v) is 10.00. The first kappa shape index (κ1) is 10.4. The number of H-pyrrole nitrogens is 1. The van der Waals surface area contributed by atoms with Crippen molar-refractivity contribution in [1.29, 1.82) is 0 Å². The number of rotatable bonds is 4. The standard InChI is InChI=1S/C12H12N4S/c1-2-10(17-5-1)7-13-6-9-3-4-14-12-11(9)15-8-16-12/h1-5,8,13H,6-7H2,(H,14,15,16). The van der Waals surface area contributed by atoms with Gasteiger partial charge in [-0.05, 0) is 23.1 Å². The van der Waals surface area contributed by atoms with Crippen molar-refractivity contribution in [2.75, 3.05) is 0 Å². The van der Waals surface area contributed by atoms with Crippen LogP contribution in [0.15, 0.2) is 36.1 Å². The number of imidazole rings is 1. The summed E-state index contributed by atoms with van der Waals surface area (Å²) >= 11 is 1.77. The summed E-state index contributed by atoms with van der Waals surface area (Å²) in [5.41, 5.74) is 3.00. The summed E-state index contributed by atoms with van der Waals surface area (Å²) in [5, 5.41) is 5.51. The van der Waals surface area contributed by atoms with Crippen LogP contribution in [0, 0.1) is 0 Å². The van der Waals surface area contributed by atoms with E-state index in [1.807, 2.05) is 6.07 Å². The van der Waals surface area contributed by atoms with Gasteiger partial charge in [0.05, 0.1) is 11.8 Å². The summed E-state index contributed by atoms with van der Waals surface area (Å²) < 4.78 is 0. The van der Waals surface area contributed by atoms with E-state index in [-0.39, 0.29) is 0 Å². The number of hydrogen-bond acceptors (Lipinski definition) is 4. The van der Waals surface area contributed by atoms with Gasteiger partial charge in [-0.25, -0.2) is 9.97 Å². The molecular formula is C12H12N4S. The van der Waals surface area contributed by atoms with Gasteiger partial charge in [-0.15, -0.1) is 11.3 Å². The average molecular weight is 244 g/mol. The SMILES string of the molecule is c1csc(CNCc2ccnc3nc[nH]c23)c1. The number of aromatic amines is 1. The molecule has 0 spiro atoms. The average Bonchev–Trinajstić information content (AvgIpc) is 2.99. The van der Waals surface area contributed by atoms with Crippen LogP contribution in [0.3, 0.4) is 0 Å². The molecule has 86 valence electrons. The molecular weight excluding hydrogens is 232 g/mol. The normalized spacial score (nSPS) is 11.1. The predicted octanol–water partition coefficient (Wildman–Crippen LogP) is 2.31. The number of hydrogen-bond donors (Lipinski definition) is 2. The number of nitrogens with one attached hydrogen (secondary N) is 2. The molecule has 0 radical (unpaired) electrons. The highest BCUT2D eigenvalue weighted by atomic mass is 32.1. The van der Waals surface area contributed by atoms with Crippen LogP contribution in [0.25, 0.3) is 11.2 Å². The van der Waals surface area contributed by atoms with Gasteiger partial charge >= 0.3 is 0 Å². The predicted molar refractivity (Wildman–Crippen MR) is 68.8 cm³/mol. The third kappa shape index (κ3) is 2.20. The molecule has 0 bridgehead atoms. The Morgan fingerprint density at radius 2 is 2.24 bits per heavy atom. The quantitative estimate of drug-likeness (QED) is 0.740. The number of nitrogens with zero attached hydrogens (tertiary/aromatic N) is 2. The lowest BCUT2D eigenvalue weighted by Crippen LogP contribution is -2.12. The summed E-state index contributed by atoms with van der Waals surface area (Å²) in [5.74, 6) is 0. The molecule has 0 saturated heterocycles. The van der Waals surface area contributed by atoms with Crippen molar-refractivity contribution in [2.45, 2.75) is 13.1 Å². The van der Waals surface area contributed by atoms with E-state index in [9.17, 15) is 0 Å². The Labute approximate surface area is 103 Å². The number of pyridine rings is 1.